The van der Waals surface area contributed by atoms with Crippen molar-refractivity contribution in [2.24, 2.45) is 0 Å². The van der Waals surface area contributed by atoms with Crippen LogP contribution in [0.3, 0.4) is 0 Å². The van der Waals surface area contributed by atoms with E-state index in [1.54, 1.807) is 22.4 Å². The highest BCUT2D eigenvalue weighted by molar-refractivity contribution is 7.99. The van der Waals surface area contributed by atoms with Crippen molar-refractivity contribution in [3.05, 3.63) is 53.7 Å². The molecule has 4 nitrogen and oxygen atoms in total. The smallest absolute Gasteiger partial charge is 0.233 e. The van der Waals surface area contributed by atoms with E-state index >= 15 is 0 Å². The lowest BCUT2D eigenvalue weighted by atomic mass is 10.3. The molecule has 3 rings (SSSR count). The second-order valence-electron chi connectivity index (χ2n) is 4.78. The summed E-state index contributed by atoms with van der Waals surface area (Å²) in [5.74, 6) is 0.466. The van der Waals surface area contributed by atoms with E-state index in [2.05, 4.69) is 16.0 Å². The monoisotopic (exact) mass is 329 g/mol. The van der Waals surface area contributed by atoms with Crippen LogP contribution < -0.4 is 0 Å². The zero-order chi connectivity index (χ0) is 15.4. The van der Waals surface area contributed by atoms with Crippen molar-refractivity contribution in [1.29, 1.82) is 0 Å². The van der Waals surface area contributed by atoms with E-state index in [-0.39, 0.29) is 5.91 Å². The zero-order valence-corrected chi connectivity index (χ0v) is 13.7. The predicted octanol–water partition coefficient (Wildman–Crippen LogP) is 3.44. The number of rotatable bonds is 5. The molecule has 0 aliphatic carbocycles. The molecule has 0 saturated heterocycles. The molecule has 0 aliphatic heterocycles. The zero-order valence-electron chi connectivity index (χ0n) is 12.1. The second-order valence-corrected chi connectivity index (χ2v) is 6.89. The highest BCUT2D eigenvalue weighted by Crippen LogP contribution is 2.22. The Balaban J connectivity index is 1.58. The van der Waals surface area contributed by atoms with Crippen LogP contribution in [0.5, 0.6) is 0 Å². The Morgan fingerprint density at radius 2 is 2.05 bits per heavy atom. The molecule has 0 bridgehead atoms. The summed E-state index contributed by atoms with van der Waals surface area (Å²) in [4.78, 5) is 22.7. The van der Waals surface area contributed by atoms with Crippen LogP contribution in [-0.2, 0) is 11.3 Å². The minimum Gasteiger partial charge on any atom is -0.338 e. The quantitative estimate of drug-likeness (QED) is 0.673. The lowest BCUT2D eigenvalue weighted by Gasteiger charge is -2.15. The molecule has 0 radical (unpaired) electrons. The number of thiazole rings is 1. The van der Waals surface area contributed by atoms with Gasteiger partial charge >= 0.3 is 0 Å². The first-order valence-corrected chi connectivity index (χ1v) is 8.65. The van der Waals surface area contributed by atoms with Gasteiger partial charge in [-0.25, -0.2) is 9.97 Å². The number of benzene rings is 1. The molecule has 112 valence electrons. The molecule has 0 N–H and O–H groups in total. The summed E-state index contributed by atoms with van der Waals surface area (Å²) in [6.45, 7) is 0.543. The van der Waals surface area contributed by atoms with Gasteiger partial charge in [0.1, 0.15) is 5.01 Å². The second kappa shape index (κ2) is 6.89. The fourth-order valence-electron chi connectivity index (χ4n) is 1.96. The van der Waals surface area contributed by atoms with Crippen molar-refractivity contribution >= 4 is 39.2 Å². The van der Waals surface area contributed by atoms with Gasteiger partial charge in [0.15, 0.2) is 0 Å². The Hall–Kier alpha value is -1.92. The van der Waals surface area contributed by atoms with Crippen LogP contribution >= 0.6 is 23.1 Å². The maximum absolute atomic E-state index is 12.2. The summed E-state index contributed by atoms with van der Waals surface area (Å²) >= 11 is 3.09. The summed E-state index contributed by atoms with van der Waals surface area (Å²) in [6, 6.07) is 13.7. The fourth-order valence-corrected chi connectivity index (χ4v) is 3.78. The van der Waals surface area contributed by atoms with Crippen molar-refractivity contribution < 1.29 is 4.79 Å². The number of hydrogen-bond acceptors (Lipinski definition) is 5. The van der Waals surface area contributed by atoms with E-state index in [1.165, 1.54) is 11.8 Å². The Kier molecular flexibility index (Phi) is 4.70. The topological polar surface area (TPSA) is 46.1 Å². The number of pyridine rings is 1. The Morgan fingerprint density at radius 3 is 2.82 bits per heavy atom. The van der Waals surface area contributed by atoms with Gasteiger partial charge in [-0.1, -0.05) is 30.0 Å². The minimum absolute atomic E-state index is 0.0786. The number of thioether (sulfide) groups is 1. The van der Waals surface area contributed by atoms with Crippen LogP contribution in [0, 0.1) is 0 Å². The molecule has 2 aromatic heterocycles. The molecule has 22 heavy (non-hydrogen) atoms. The average molecular weight is 329 g/mol. The van der Waals surface area contributed by atoms with Crippen LogP contribution in [0.15, 0.2) is 53.7 Å². The Bertz CT molecular complexity index is 740. The standard InChI is InChI=1S/C16H15N3OS2/c1-19(16(20)11-21-14-8-4-5-9-17-14)10-15-18-12-6-2-3-7-13(12)22-15/h2-9H,10-11H2,1H3. The summed E-state index contributed by atoms with van der Waals surface area (Å²) in [6.07, 6.45) is 1.73. The molecular weight excluding hydrogens is 314 g/mol. The molecule has 0 spiro atoms. The first-order chi connectivity index (χ1) is 10.7. The van der Waals surface area contributed by atoms with Crippen LogP contribution in [0.4, 0.5) is 0 Å². The third-order valence-electron chi connectivity index (χ3n) is 3.12. The van der Waals surface area contributed by atoms with E-state index in [1.807, 2.05) is 43.4 Å². The lowest BCUT2D eigenvalue weighted by Crippen LogP contribution is -2.27. The Labute approximate surface area is 137 Å². The summed E-state index contributed by atoms with van der Waals surface area (Å²) in [5.41, 5.74) is 0.992. The third-order valence-corrected chi connectivity index (χ3v) is 5.07. The van der Waals surface area contributed by atoms with E-state index in [0.29, 0.717) is 12.3 Å². The van der Waals surface area contributed by atoms with Gasteiger partial charge < -0.3 is 4.90 Å². The van der Waals surface area contributed by atoms with Gasteiger partial charge in [-0.15, -0.1) is 11.3 Å². The van der Waals surface area contributed by atoms with Crippen molar-refractivity contribution in [2.45, 2.75) is 11.6 Å². The van der Waals surface area contributed by atoms with Gasteiger partial charge in [-0.2, -0.15) is 0 Å². The lowest BCUT2D eigenvalue weighted by molar-refractivity contribution is -0.127. The molecule has 6 heteroatoms. The number of para-hydroxylation sites is 1. The molecule has 0 unspecified atom stereocenters. The molecule has 2 heterocycles. The van der Waals surface area contributed by atoms with Gasteiger partial charge in [0, 0.05) is 13.2 Å². The fraction of sp³-hybridized carbons (Fsp3) is 0.188. The molecule has 1 amide bonds. The number of carbonyl (C=O) groups is 1. The number of aromatic nitrogens is 2. The average Bonchev–Trinajstić information content (AvgIpc) is 2.95. The van der Waals surface area contributed by atoms with Crippen LogP contribution in [0.2, 0.25) is 0 Å². The van der Waals surface area contributed by atoms with Crippen LogP contribution in [0.25, 0.3) is 10.2 Å². The third kappa shape index (κ3) is 3.64. The number of nitrogens with zero attached hydrogens (tertiary/aromatic N) is 3. The number of carbonyl (C=O) groups excluding carboxylic acids is 1. The first-order valence-electron chi connectivity index (χ1n) is 6.84. The van der Waals surface area contributed by atoms with Crippen LogP contribution in [-0.4, -0.2) is 33.6 Å². The van der Waals surface area contributed by atoms with Crippen molar-refractivity contribution in [3.63, 3.8) is 0 Å². The largest absolute Gasteiger partial charge is 0.338 e. The van der Waals surface area contributed by atoms with Gasteiger partial charge in [0.25, 0.3) is 0 Å². The van der Waals surface area contributed by atoms with E-state index in [9.17, 15) is 4.79 Å². The van der Waals surface area contributed by atoms with E-state index in [4.69, 9.17) is 0 Å². The highest BCUT2D eigenvalue weighted by atomic mass is 32.2. The molecule has 0 saturated carbocycles. The number of hydrogen-bond donors (Lipinski definition) is 0. The number of fused-ring (bicyclic) bond motifs is 1. The van der Waals surface area contributed by atoms with E-state index in [0.717, 1.165) is 20.3 Å². The molecule has 1 aromatic carbocycles. The predicted molar refractivity (Wildman–Crippen MR) is 91.1 cm³/mol. The molecule has 0 fully saturated rings. The summed E-state index contributed by atoms with van der Waals surface area (Å²) < 4.78 is 1.15. The SMILES string of the molecule is CN(Cc1nc2ccccc2s1)C(=O)CSc1ccccn1. The van der Waals surface area contributed by atoms with Gasteiger partial charge in [0.05, 0.1) is 27.5 Å². The summed E-state index contributed by atoms with van der Waals surface area (Å²) in [7, 11) is 1.81. The van der Waals surface area contributed by atoms with Gasteiger partial charge in [0.2, 0.25) is 5.91 Å². The summed E-state index contributed by atoms with van der Waals surface area (Å²) in [5, 5.41) is 1.82. The van der Waals surface area contributed by atoms with Gasteiger partial charge in [-0.05, 0) is 24.3 Å². The molecule has 0 atom stereocenters. The molecule has 3 aromatic rings. The minimum atomic E-state index is 0.0786. The van der Waals surface area contributed by atoms with Gasteiger partial charge in [-0.3, -0.25) is 4.79 Å². The Morgan fingerprint density at radius 1 is 1.23 bits per heavy atom. The maximum atomic E-state index is 12.2. The highest BCUT2D eigenvalue weighted by Gasteiger charge is 2.12. The normalized spacial score (nSPS) is 10.8. The van der Waals surface area contributed by atoms with Crippen LogP contribution in [0.1, 0.15) is 5.01 Å². The first kappa shape index (κ1) is 15.0. The van der Waals surface area contributed by atoms with Crippen molar-refractivity contribution in [3.8, 4) is 0 Å². The van der Waals surface area contributed by atoms with Crippen molar-refractivity contribution in [2.75, 3.05) is 12.8 Å². The van der Waals surface area contributed by atoms with E-state index < -0.39 is 0 Å². The number of amides is 1. The van der Waals surface area contributed by atoms with Crippen molar-refractivity contribution in [1.82, 2.24) is 14.9 Å². The molecule has 0 aliphatic rings. The molecular formula is C16H15N3OS2. The maximum Gasteiger partial charge on any atom is 0.233 e.